The van der Waals surface area contributed by atoms with Crippen LogP contribution in [0.25, 0.3) is 0 Å². The summed E-state index contributed by atoms with van der Waals surface area (Å²) in [5.74, 6) is 2.28. The van der Waals surface area contributed by atoms with E-state index in [1.165, 1.54) is 19.3 Å². The van der Waals surface area contributed by atoms with Crippen molar-refractivity contribution in [1.29, 1.82) is 0 Å². The Bertz CT molecular complexity index is 894. The van der Waals surface area contributed by atoms with E-state index in [2.05, 4.69) is 27.7 Å². The summed E-state index contributed by atoms with van der Waals surface area (Å²) in [6.07, 6.45) is 4.63. The minimum Gasteiger partial charge on any atom is -0.451 e. The molecule has 2 saturated heterocycles. The van der Waals surface area contributed by atoms with Gasteiger partial charge in [0.05, 0.1) is 11.7 Å². The Morgan fingerprint density at radius 2 is 1.69 bits per heavy atom. The van der Waals surface area contributed by atoms with Crippen molar-refractivity contribution in [3.05, 3.63) is 11.6 Å². The molecule has 6 nitrogen and oxygen atoms in total. The lowest BCUT2D eigenvalue weighted by Gasteiger charge is -2.47. The summed E-state index contributed by atoms with van der Waals surface area (Å²) < 4.78 is 32.1. The summed E-state index contributed by atoms with van der Waals surface area (Å²) >= 11 is 0. The van der Waals surface area contributed by atoms with Gasteiger partial charge in [-0.05, 0) is 95.3 Å². The summed E-state index contributed by atoms with van der Waals surface area (Å²) in [6.45, 7) is 19.4. The Morgan fingerprint density at radius 1 is 1.00 bits per heavy atom. The molecule has 6 heteroatoms. The van der Waals surface area contributed by atoms with E-state index in [0.29, 0.717) is 23.2 Å². The van der Waals surface area contributed by atoms with Crippen molar-refractivity contribution in [2.45, 2.75) is 137 Å². The highest BCUT2D eigenvalue weighted by atomic mass is 16.8. The van der Waals surface area contributed by atoms with Crippen molar-refractivity contribution < 1.29 is 28.5 Å². The molecule has 2 heterocycles. The molecule has 3 saturated carbocycles. The fourth-order valence-electron chi connectivity index (χ4n) is 8.33. The monoisotopic (exact) mass is 504 g/mol. The van der Waals surface area contributed by atoms with Gasteiger partial charge in [0.15, 0.2) is 18.2 Å². The van der Waals surface area contributed by atoms with Gasteiger partial charge < -0.3 is 23.7 Å². The van der Waals surface area contributed by atoms with Gasteiger partial charge in [-0.2, -0.15) is 0 Å². The molecule has 2 aliphatic heterocycles. The molecule has 0 radical (unpaired) electrons. The smallest absolute Gasteiger partial charge is 0.331 e. The molecule has 0 N–H and O–H groups in total. The molecule has 0 spiro atoms. The molecule has 0 aromatic carbocycles. The number of fused-ring (bicyclic) bond motifs is 4. The van der Waals surface area contributed by atoms with E-state index in [1.54, 1.807) is 6.08 Å². The van der Waals surface area contributed by atoms with Crippen LogP contribution < -0.4 is 0 Å². The quantitative estimate of drug-likeness (QED) is 0.337. The highest BCUT2D eigenvalue weighted by Crippen LogP contribution is 2.71. The second-order valence-corrected chi connectivity index (χ2v) is 13.7. The van der Waals surface area contributed by atoms with E-state index >= 15 is 0 Å². The number of allylic oxidation sites excluding steroid dienone is 1. The molecule has 5 fully saturated rings. The third-order valence-corrected chi connectivity index (χ3v) is 10.5. The summed E-state index contributed by atoms with van der Waals surface area (Å²) in [6, 6.07) is 0. The largest absolute Gasteiger partial charge is 0.451 e. The number of ether oxygens (including phenoxy) is 5. The zero-order chi connectivity index (χ0) is 26.2. The zero-order valence-corrected chi connectivity index (χ0v) is 23.8. The van der Waals surface area contributed by atoms with E-state index in [0.717, 1.165) is 30.3 Å². The Kier molecular flexibility index (Phi) is 6.71. The lowest BCUT2D eigenvalue weighted by Crippen LogP contribution is -2.60. The second-order valence-electron chi connectivity index (χ2n) is 13.7. The molecule has 11 atom stereocenters. The standard InChI is InChI=1S/C30H48O6/c1-10-16(2)15-21(31)33-26-25-24(34-29(7,8)35-25)18(4)32-27(26)36-30(9)14-13-20-23(28(20,5)6)22-17(3)11-12-19(22)30/h15,17-20,22-27H,10-14H2,1-9H3. The summed E-state index contributed by atoms with van der Waals surface area (Å²) in [4.78, 5) is 12.9. The van der Waals surface area contributed by atoms with Crippen LogP contribution in [0.2, 0.25) is 0 Å². The van der Waals surface area contributed by atoms with Crippen LogP contribution in [-0.4, -0.2) is 48.1 Å². The van der Waals surface area contributed by atoms with Crippen LogP contribution in [0.3, 0.4) is 0 Å². The van der Waals surface area contributed by atoms with E-state index in [4.69, 9.17) is 23.7 Å². The molecule has 204 valence electrons. The third kappa shape index (κ3) is 4.48. The van der Waals surface area contributed by atoms with Crippen LogP contribution in [0.4, 0.5) is 0 Å². The molecular formula is C30H48O6. The van der Waals surface area contributed by atoms with Gasteiger partial charge in [-0.1, -0.05) is 39.7 Å². The van der Waals surface area contributed by atoms with Gasteiger partial charge in [0.1, 0.15) is 12.2 Å². The van der Waals surface area contributed by atoms with Gasteiger partial charge in [0.2, 0.25) is 0 Å². The second kappa shape index (κ2) is 9.07. The van der Waals surface area contributed by atoms with Gasteiger partial charge in [-0.3, -0.25) is 0 Å². The number of esters is 1. The first kappa shape index (κ1) is 26.6. The molecule has 5 aliphatic rings. The molecule has 11 unspecified atom stereocenters. The minimum absolute atomic E-state index is 0.232. The maximum Gasteiger partial charge on any atom is 0.331 e. The van der Waals surface area contributed by atoms with Gasteiger partial charge in [0, 0.05) is 6.08 Å². The fraction of sp³-hybridized carbons (Fsp3) is 0.900. The van der Waals surface area contributed by atoms with Gasteiger partial charge >= 0.3 is 5.97 Å². The van der Waals surface area contributed by atoms with Gasteiger partial charge in [-0.25, -0.2) is 4.79 Å². The predicted molar refractivity (Wildman–Crippen MR) is 137 cm³/mol. The van der Waals surface area contributed by atoms with Crippen molar-refractivity contribution in [3.8, 4) is 0 Å². The zero-order valence-electron chi connectivity index (χ0n) is 23.8. The van der Waals surface area contributed by atoms with E-state index in [-0.39, 0.29) is 23.8 Å². The number of hydrogen-bond acceptors (Lipinski definition) is 6. The first-order valence-corrected chi connectivity index (χ1v) is 14.3. The first-order chi connectivity index (χ1) is 16.8. The number of carbonyl (C=O) groups excluding carboxylic acids is 1. The van der Waals surface area contributed by atoms with Crippen molar-refractivity contribution in [2.75, 3.05) is 0 Å². The Balaban J connectivity index is 1.42. The Hall–Kier alpha value is -0.950. The highest BCUT2D eigenvalue weighted by molar-refractivity contribution is 5.82. The third-order valence-electron chi connectivity index (χ3n) is 10.5. The summed E-state index contributed by atoms with van der Waals surface area (Å²) in [7, 11) is 0. The number of hydrogen-bond donors (Lipinski definition) is 0. The van der Waals surface area contributed by atoms with Crippen LogP contribution in [0.5, 0.6) is 0 Å². The van der Waals surface area contributed by atoms with Crippen LogP contribution in [0, 0.1) is 35.0 Å². The topological polar surface area (TPSA) is 63.2 Å². The van der Waals surface area contributed by atoms with Crippen molar-refractivity contribution in [3.63, 3.8) is 0 Å². The van der Waals surface area contributed by atoms with Crippen LogP contribution in [0.15, 0.2) is 11.6 Å². The van der Waals surface area contributed by atoms with Crippen molar-refractivity contribution in [1.82, 2.24) is 0 Å². The van der Waals surface area contributed by atoms with Gasteiger partial charge in [0.25, 0.3) is 0 Å². The molecule has 3 aliphatic carbocycles. The average Bonchev–Trinajstić information content (AvgIpc) is 3.02. The van der Waals surface area contributed by atoms with Crippen LogP contribution in [0.1, 0.15) is 94.4 Å². The van der Waals surface area contributed by atoms with E-state index in [9.17, 15) is 4.79 Å². The highest BCUT2D eigenvalue weighted by Gasteiger charge is 2.68. The van der Waals surface area contributed by atoms with E-state index < -0.39 is 24.3 Å². The molecular weight excluding hydrogens is 456 g/mol. The fourth-order valence-corrected chi connectivity index (χ4v) is 8.33. The Morgan fingerprint density at radius 3 is 2.39 bits per heavy atom. The summed E-state index contributed by atoms with van der Waals surface area (Å²) in [5.41, 5.74) is 1.09. The summed E-state index contributed by atoms with van der Waals surface area (Å²) in [5, 5.41) is 0. The molecule has 0 bridgehead atoms. The SMILES string of the molecule is CCC(C)=CC(=O)OC1C(OC2(C)CCC3C(C4C(C)CCC42)C3(C)C)OC(C)C2OC(C)(C)OC21. The first-order valence-electron chi connectivity index (χ1n) is 14.3. The molecule has 0 aromatic heterocycles. The number of carbonyl (C=O) groups is 1. The molecule has 5 rings (SSSR count). The molecule has 0 amide bonds. The number of rotatable bonds is 5. The molecule has 0 aromatic rings. The van der Waals surface area contributed by atoms with Gasteiger partial charge in [-0.15, -0.1) is 0 Å². The van der Waals surface area contributed by atoms with Crippen LogP contribution >= 0.6 is 0 Å². The maximum absolute atomic E-state index is 12.9. The van der Waals surface area contributed by atoms with E-state index in [1.807, 2.05) is 34.6 Å². The minimum atomic E-state index is -0.771. The lowest BCUT2D eigenvalue weighted by atomic mass is 9.74. The average molecular weight is 505 g/mol. The molecule has 36 heavy (non-hydrogen) atoms. The maximum atomic E-state index is 12.9. The Labute approximate surface area is 217 Å². The lowest BCUT2D eigenvalue weighted by molar-refractivity contribution is -0.315. The predicted octanol–water partition coefficient (Wildman–Crippen LogP) is 6.02. The van der Waals surface area contributed by atoms with Crippen molar-refractivity contribution >= 4 is 5.97 Å². The normalized spacial score (nSPS) is 49.0. The van der Waals surface area contributed by atoms with Crippen LogP contribution in [-0.2, 0) is 28.5 Å². The van der Waals surface area contributed by atoms with Crippen molar-refractivity contribution in [2.24, 2.45) is 35.0 Å².